The minimum atomic E-state index is -0.467. The predicted octanol–water partition coefficient (Wildman–Crippen LogP) is 5.50. The summed E-state index contributed by atoms with van der Waals surface area (Å²) < 4.78 is 14.4. The molecule has 3 heteroatoms. The Hall–Kier alpha value is -1.38. The lowest BCUT2D eigenvalue weighted by atomic mass is 9.81. The zero-order valence-corrected chi connectivity index (χ0v) is 16.4. The number of likely N-dealkylation sites (tertiary alicyclic amines) is 1. The van der Waals surface area contributed by atoms with E-state index in [1.807, 2.05) is 19.1 Å². The molecule has 1 aliphatic heterocycles. The summed E-state index contributed by atoms with van der Waals surface area (Å²) in [5.74, 6) is 0.0627. The minimum Gasteiger partial charge on any atom is -0.339 e. The smallest absolute Gasteiger partial charge is 0.229 e. The van der Waals surface area contributed by atoms with E-state index >= 15 is 0 Å². The molecule has 2 aliphatic rings. The van der Waals surface area contributed by atoms with Crippen LogP contribution in [0, 0.1) is 39.4 Å². The molecule has 1 aliphatic carbocycles. The normalized spacial score (nSPS) is 24.4. The van der Waals surface area contributed by atoms with Crippen molar-refractivity contribution in [2.24, 2.45) is 5.41 Å². The highest BCUT2D eigenvalue weighted by molar-refractivity contribution is 5.85. The van der Waals surface area contributed by atoms with Crippen molar-refractivity contribution in [3.05, 3.63) is 56.4 Å². The van der Waals surface area contributed by atoms with Crippen molar-refractivity contribution in [3.63, 3.8) is 0 Å². The van der Waals surface area contributed by atoms with Gasteiger partial charge in [-0.25, -0.2) is 4.39 Å². The second-order valence-electron chi connectivity index (χ2n) is 7.83. The summed E-state index contributed by atoms with van der Waals surface area (Å²) in [6.45, 7) is 4.61. The van der Waals surface area contributed by atoms with Crippen LogP contribution < -0.4 is 0 Å². The van der Waals surface area contributed by atoms with Crippen molar-refractivity contribution in [1.82, 2.24) is 4.90 Å². The maximum absolute atomic E-state index is 14.4. The first-order valence-corrected chi connectivity index (χ1v) is 9.40. The van der Waals surface area contributed by atoms with Crippen LogP contribution in [0.1, 0.15) is 63.0 Å². The molecule has 1 aromatic rings. The van der Waals surface area contributed by atoms with Gasteiger partial charge in [-0.05, 0) is 50.2 Å². The molecule has 3 rings (SSSR count). The summed E-state index contributed by atoms with van der Waals surface area (Å²) in [6.07, 6.45) is 10.9. The largest absolute Gasteiger partial charge is 0.339 e. The highest BCUT2D eigenvalue weighted by Crippen LogP contribution is 2.38. The van der Waals surface area contributed by atoms with Crippen molar-refractivity contribution in [3.8, 4) is 0 Å². The second kappa shape index (κ2) is 9.53. The van der Waals surface area contributed by atoms with Gasteiger partial charge in [0.25, 0.3) is 0 Å². The van der Waals surface area contributed by atoms with E-state index in [1.54, 1.807) is 13.0 Å². The van der Waals surface area contributed by atoms with Crippen LogP contribution in [0.3, 0.4) is 0 Å². The highest BCUT2D eigenvalue weighted by Gasteiger charge is 2.45. The Morgan fingerprint density at radius 3 is 2.69 bits per heavy atom. The maximum Gasteiger partial charge on any atom is 0.229 e. The van der Waals surface area contributed by atoms with Crippen LogP contribution in [0.4, 0.5) is 4.39 Å². The number of hydrogen-bond acceptors (Lipinski definition) is 1. The van der Waals surface area contributed by atoms with Gasteiger partial charge in [-0.1, -0.05) is 65.7 Å². The van der Waals surface area contributed by atoms with Crippen LogP contribution in [-0.2, 0) is 11.2 Å². The van der Waals surface area contributed by atoms with E-state index in [-0.39, 0.29) is 32.6 Å². The molecule has 1 heterocycles. The maximum atomic E-state index is 14.4. The van der Waals surface area contributed by atoms with Crippen molar-refractivity contribution in [2.45, 2.75) is 71.3 Å². The monoisotopic (exact) mass is 358 g/mol. The molecule has 26 heavy (non-hydrogen) atoms. The number of aryl methyl sites for hydroxylation is 1. The summed E-state index contributed by atoms with van der Waals surface area (Å²) in [7, 11) is 0. The Morgan fingerprint density at radius 2 is 1.92 bits per heavy atom. The van der Waals surface area contributed by atoms with Crippen molar-refractivity contribution >= 4 is 5.91 Å². The topological polar surface area (TPSA) is 20.3 Å². The van der Waals surface area contributed by atoms with Crippen LogP contribution in [0.5, 0.6) is 0 Å². The molecular weight excluding hydrogens is 325 g/mol. The number of carbonyl (C=O) groups is 1. The van der Waals surface area contributed by atoms with Crippen LogP contribution in [0.15, 0.2) is 18.2 Å². The standard InChI is InChI=1S/C21H29FNO.2CH2/c1-16-9-8-10-17(19(16)22)15-21(2)13-14-23(20(21)24)18-11-6-4-3-5-7-12-18;;/h8-11,18H,3-7,12-15H2,1-2H3;2*1H2. The first-order valence-electron chi connectivity index (χ1n) is 9.40. The lowest BCUT2D eigenvalue weighted by molar-refractivity contribution is -0.136. The zero-order valence-electron chi connectivity index (χ0n) is 16.4. The fourth-order valence-corrected chi connectivity index (χ4v) is 4.23. The van der Waals surface area contributed by atoms with Gasteiger partial charge in [0.2, 0.25) is 5.91 Å². The molecule has 1 aromatic carbocycles. The minimum absolute atomic E-state index is 0. The summed E-state index contributed by atoms with van der Waals surface area (Å²) >= 11 is 0. The zero-order chi connectivity index (χ0) is 17.2. The number of benzene rings is 1. The molecule has 1 amide bonds. The molecule has 143 valence electrons. The fourth-order valence-electron chi connectivity index (χ4n) is 4.23. The van der Waals surface area contributed by atoms with E-state index in [0.29, 0.717) is 17.5 Å². The number of rotatable bonds is 3. The summed E-state index contributed by atoms with van der Waals surface area (Å²) in [6, 6.07) is 5.78. The number of carbonyl (C=O) groups excluding carboxylic acids is 1. The van der Waals surface area contributed by atoms with Gasteiger partial charge in [0.05, 0.1) is 5.41 Å². The molecule has 2 nitrogen and oxygen atoms in total. The third kappa shape index (κ3) is 4.66. The number of amides is 1. The van der Waals surface area contributed by atoms with E-state index in [9.17, 15) is 9.18 Å². The molecule has 5 radical (unpaired) electrons. The molecule has 0 aromatic heterocycles. The van der Waals surface area contributed by atoms with Gasteiger partial charge in [0, 0.05) is 12.6 Å². The average molecular weight is 359 g/mol. The van der Waals surface area contributed by atoms with Crippen LogP contribution in [-0.4, -0.2) is 23.4 Å². The molecule has 0 spiro atoms. The van der Waals surface area contributed by atoms with Crippen molar-refractivity contribution < 1.29 is 9.18 Å². The van der Waals surface area contributed by atoms with Gasteiger partial charge in [0.1, 0.15) is 5.82 Å². The summed E-state index contributed by atoms with van der Waals surface area (Å²) in [4.78, 5) is 15.2. The molecule has 1 saturated heterocycles. The molecule has 2 atom stereocenters. The molecular formula is C23H33FNO. The SMILES string of the molecule is Cc1cccc(CC2(C)CCN(C3[CH]CCCCCC3)C2=O)c1F.[CH2].[CH2]. The van der Waals surface area contributed by atoms with E-state index < -0.39 is 5.41 Å². The number of hydrogen-bond donors (Lipinski definition) is 0. The quantitative estimate of drug-likeness (QED) is 0.699. The molecule has 0 bridgehead atoms. The summed E-state index contributed by atoms with van der Waals surface area (Å²) in [5, 5.41) is 0. The van der Waals surface area contributed by atoms with Crippen molar-refractivity contribution in [2.75, 3.05) is 6.54 Å². The lowest BCUT2D eigenvalue weighted by Crippen LogP contribution is -2.41. The predicted molar refractivity (Wildman–Crippen MR) is 106 cm³/mol. The Balaban J connectivity index is 0.00000169. The molecule has 1 saturated carbocycles. The van der Waals surface area contributed by atoms with E-state index in [2.05, 4.69) is 11.3 Å². The Morgan fingerprint density at radius 1 is 1.19 bits per heavy atom. The van der Waals surface area contributed by atoms with Gasteiger partial charge >= 0.3 is 0 Å². The van der Waals surface area contributed by atoms with Crippen LogP contribution >= 0.6 is 0 Å². The van der Waals surface area contributed by atoms with Crippen LogP contribution in [0.2, 0.25) is 0 Å². The highest BCUT2D eigenvalue weighted by atomic mass is 19.1. The van der Waals surface area contributed by atoms with Gasteiger partial charge < -0.3 is 4.90 Å². The first kappa shape index (κ1) is 22.7. The fraction of sp³-hybridized carbons (Fsp3) is 0.565. The van der Waals surface area contributed by atoms with Crippen LogP contribution in [0.25, 0.3) is 0 Å². The van der Waals surface area contributed by atoms with Gasteiger partial charge in [-0.2, -0.15) is 0 Å². The second-order valence-corrected chi connectivity index (χ2v) is 7.83. The molecule has 2 fully saturated rings. The summed E-state index contributed by atoms with van der Waals surface area (Å²) in [5.41, 5.74) is 0.867. The Bertz CT molecular complexity index is 592. The van der Waals surface area contributed by atoms with Gasteiger partial charge in [0.15, 0.2) is 0 Å². The van der Waals surface area contributed by atoms with Gasteiger partial charge in [-0.15, -0.1) is 0 Å². The average Bonchev–Trinajstić information content (AvgIpc) is 2.80. The Kier molecular flexibility index (Phi) is 8.30. The number of halogens is 1. The van der Waals surface area contributed by atoms with E-state index in [4.69, 9.17) is 0 Å². The molecule has 2 unspecified atom stereocenters. The Labute approximate surface area is 160 Å². The first-order chi connectivity index (χ1) is 11.5. The van der Waals surface area contributed by atoms with E-state index in [1.165, 1.54) is 25.7 Å². The van der Waals surface area contributed by atoms with Crippen molar-refractivity contribution in [1.29, 1.82) is 0 Å². The van der Waals surface area contributed by atoms with E-state index in [0.717, 1.165) is 25.8 Å². The third-order valence-corrected chi connectivity index (χ3v) is 5.83. The van der Waals surface area contributed by atoms with Gasteiger partial charge in [-0.3, -0.25) is 4.79 Å². The number of nitrogens with zero attached hydrogens (tertiary/aromatic N) is 1. The lowest BCUT2D eigenvalue weighted by Gasteiger charge is -2.31. The third-order valence-electron chi connectivity index (χ3n) is 5.83. The molecule has 0 N–H and O–H groups in total.